The number of pyridine rings is 1. The predicted molar refractivity (Wildman–Crippen MR) is 104 cm³/mol. The Labute approximate surface area is 171 Å². The summed E-state index contributed by atoms with van der Waals surface area (Å²) < 4.78 is 55.6. The number of benzene rings is 1. The summed E-state index contributed by atoms with van der Waals surface area (Å²) in [5.41, 5.74) is 2.99. The van der Waals surface area contributed by atoms with Gasteiger partial charge in [0.25, 0.3) is 0 Å². The van der Waals surface area contributed by atoms with Crippen molar-refractivity contribution < 1.29 is 27.1 Å². The number of sulfonamides is 1. The van der Waals surface area contributed by atoms with Crippen molar-refractivity contribution >= 4 is 27.0 Å². The highest BCUT2D eigenvalue weighted by Gasteiger charge is 2.34. The van der Waals surface area contributed by atoms with Crippen LogP contribution in [0.1, 0.15) is 17.7 Å². The van der Waals surface area contributed by atoms with Crippen molar-refractivity contribution in [2.45, 2.75) is 36.7 Å². The van der Waals surface area contributed by atoms with Gasteiger partial charge in [0.2, 0.25) is 10.0 Å². The standard InChI is InChI=1S/C20H19F2N3O4S/c1-24(30(28,29)13-5-6-15(21)16(22)10-13)12-4-7-17-14(9-12)20-18(3-2-8-23-20)25(17)11-19(26)27/h2-3,5-6,8,10,12H,4,7,9,11H2,1H3,(H,26,27). The number of nitrogens with zero attached hydrogens (tertiary/aromatic N) is 3. The number of hydrogen-bond donors (Lipinski definition) is 1. The van der Waals surface area contributed by atoms with Crippen molar-refractivity contribution in [3.05, 3.63) is 59.4 Å². The second-order valence-electron chi connectivity index (χ2n) is 7.27. The minimum absolute atomic E-state index is 0.203. The number of aromatic nitrogens is 2. The SMILES string of the molecule is CN(C1CCc2c(c3ncccc3n2CC(=O)O)C1)S(=O)(=O)c1ccc(F)c(F)c1. The number of halogens is 2. The van der Waals surface area contributed by atoms with Crippen LogP contribution in [0.3, 0.4) is 0 Å². The number of aliphatic carboxylic acids is 1. The van der Waals surface area contributed by atoms with Crippen LogP contribution >= 0.6 is 0 Å². The molecule has 4 rings (SSSR count). The Morgan fingerprint density at radius 1 is 1.30 bits per heavy atom. The Morgan fingerprint density at radius 3 is 2.77 bits per heavy atom. The van der Waals surface area contributed by atoms with Gasteiger partial charge < -0.3 is 9.67 Å². The van der Waals surface area contributed by atoms with E-state index in [2.05, 4.69) is 4.98 Å². The molecule has 1 aliphatic carbocycles. The van der Waals surface area contributed by atoms with Gasteiger partial charge in [-0.25, -0.2) is 17.2 Å². The van der Waals surface area contributed by atoms with Gasteiger partial charge in [-0.15, -0.1) is 0 Å². The highest BCUT2D eigenvalue weighted by molar-refractivity contribution is 7.89. The first-order valence-corrected chi connectivity index (χ1v) is 10.7. The molecule has 0 radical (unpaired) electrons. The summed E-state index contributed by atoms with van der Waals surface area (Å²) in [5, 5.41) is 9.28. The van der Waals surface area contributed by atoms with Crippen LogP contribution in [-0.4, -0.2) is 46.4 Å². The molecule has 1 aromatic carbocycles. The van der Waals surface area contributed by atoms with Crippen molar-refractivity contribution in [2.24, 2.45) is 0 Å². The van der Waals surface area contributed by atoms with E-state index in [1.807, 2.05) is 0 Å². The Balaban J connectivity index is 1.70. The highest BCUT2D eigenvalue weighted by Crippen LogP contribution is 2.34. The molecule has 0 saturated heterocycles. The van der Waals surface area contributed by atoms with E-state index in [1.165, 1.54) is 11.4 Å². The molecule has 158 valence electrons. The summed E-state index contributed by atoms with van der Waals surface area (Å²) in [6.45, 7) is -0.203. The number of carbonyl (C=O) groups is 1. The van der Waals surface area contributed by atoms with Gasteiger partial charge >= 0.3 is 5.97 Å². The van der Waals surface area contributed by atoms with E-state index in [4.69, 9.17) is 0 Å². The lowest BCUT2D eigenvalue weighted by Gasteiger charge is -2.31. The zero-order valence-electron chi connectivity index (χ0n) is 16.0. The molecule has 3 aromatic rings. The second-order valence-corrected chi connectivity index (χ2v) is 9.27. The number of rotatable bonds is 5. The van der Waals surface area contributed by atoms with E-state index in [1.54, 1.807) is 22.9 Å². The highest BCUT2D eigenvalue weighted by atomic mass is 32.2. The first-order valence-electron chi connectivity index (χ1n) is 9.30. The van der Waals surface area contributed by atoms with Crippen LogP contribution in [0.25, 0.3) is 11.0 Å². The van der Waals surface area contributed by atoms with Crippen LogP contribution in [0, 0.1) is 11.6 Å². The quantitative estimate of drug-likeness (QED) is 0.665. The fraction of sp³-hybridized carbons (Fsp3) is 0.300. The Hall–Kier alpha value is -2.85. The molecule has 7 nitrogen and oxygen atoms in total. The molecular formula is C20H19F2N3O4S. The first kappa shape index (κ1) is 20.4. The molecule has 0 amide bonds. The number of carboxylic acids is 1. The van der Waals surface area contributed by atoms with Crippen molar-refractivity contribution in [3.8, 4) is 0 Å². The molecule has 1 atom stereocenters. The van der Waals surface area contributed by atoms with Crippen molar-refractivity contribution in [2.75, 3.05) is 7.05 Å². The van der Waals surface area contributed by atoms with Crippen molar-refractivity contribution in [1.82, 2.24) is 13.9 Å². The largest absolute Gasteiger partial charge is 0.480 e. The second kappa shape index (κ2) is 7.44. The molecule has 10 heteroatoms. The van der Waals surface area contributed by atoms with Gasteiger partial charge in [-0.3, -0.25) is 9.78 Å². The van der Waals surface area contributed by atoms with Gasteiger partial charge in [0, 0.05) is 30.5 Å². The Kier molecular flexibility index (Phi) is 5.07. The summed E-state index contributed by atoms with van der Waals surface area (Å²) in [5.74, 6) is -3.31. The van der Waals surface area contributed by atoms with Crippen LogP contribution < -0.4 is 0 Å². The monoisotopic (exact) mass is 435 g/mol. The summed E-state index contributed by atoms with van der Waals surface area (Å²) in [6, 6.07) is 5.60. The van der Waals surface area contributed by atoms with E-state index in [0.29, 0.717) is 36.4 Å². The summed E-state index contributed by atoms with van der Waals surface area (Å²) in [4.78, 5) is 15.4. The van der Waals surface area contributed by atoms with Gasteiger partial charge in [0.1, 0.15) is 6.54 Å². The van der Waals surface area contributed by atoms with Gasteiger partial charge in [-0.1, -0.05) is 0 Å². The third-order valence-corrected chi connectivity index (χ3v) is 7.47. The van der Waals surface area contributed by atoms with Crippen LogP contribution in [0.2, 0.25) is 0 Å². The minimum atomic E-state index is -4.04. The van der Waals surface area contributed by atoms with Crippen LogP contribution in [0.5, 0.6) is 0 Å². The van der Waals surface area contributed by atoms with Crippen LogP contribution in [0.4, 0.5) is 8.78 Å². The zero-order valence-corrected chi connectivity index (χ0v) is 16.9. The molecule has 1 aliphatic rings. The molecule has 2 heterocycles. The van der Waals surface area contributed by atoms with Gasteiger partial charge in [0.05, 0.1) is 15.9 Å². The minimum Gasteiger partial charge on any atom is -0.480 e. The molecule has 0 bridgehead atoms. The lowest BCUT2D eigenvalue weighted by molar-refractivity contribution is -0.137. The molecule has 2 aromatic heterocycles. The Morgan fingerprint density at radius 2 is 2.07 bits per heavy atom. The van der Waals surface area contributed by atoms with Gasteiger partial charge in [-0.05, 0) is 49.6 Å². The smallest absolute Gasteiger partial charge is 0.323 e. The van der Waals surface area contributed by atoms with Crippen LogP contribution in [0.15, 0.2) is 41.4 Å². The maximum absolute atomic E-state index is 13.6. The molecule has 0 saturated carbocycles. The number of likely N-dealkylation sites (N-methyl/N-ethyl adjacent to an activating group) is 1. The average molecular weight is 435 g/mol. The van der Waals surface area contributed by atoms with E-state index < -0.39 is 33.7 Å². The fourth-order valence-electron chi connectivity index (χ4n) is 4.06. The summed E-state index contributed by atoms with van der Waals surface area (Å²) >= 11 is 0. The Bertz CT molecular complexity index is 1260. The zero-order chi connectivity index (χ0) is 21.6. The average Bonchev–Trinajstić information content (AvgIpc) is 3.02. The fourth-order valence-corrected chi connectivity index (χ4v) is 5.46. The molecule has 1 unspecified atom stereocenters. The molecule has 0 spiro atoms. The molecule has 0 aliphatic heterocycles. The van der Waals surface area contributed by atoms with Crippen molar-refractivity contribution in [1.29, 1.82) is 0 Å². The normalized spacial score (nSPS) is 16.7. The molecule has 0 fully saturated rings. The number of carboxylic acid groups (broad SMARTS) is 1. The van der Waals surface area contributed by atoms with E-state index in [0.717, 1.165) is 23.4 Å². The molecular weight excluding hydrogens is 416 g/mol. The number of fused-ring (bicyclic) bond motifs is 3. The summed E-state index contributed by atoms with van der Waals surface area (Å²) in [7, 11) is -2.63. The molecule has 30 heavy (non-hydrogen) atoms. The van der Waals surface area contributed by atoms with Crippen molar-refractivity contribution in [3.63, 3.8) is 0 Å². The maximum atomic E-state index is 13.6. The van der Waals surface area contributed by atoms with E-state index >= 15 is 0 Å². The van der Waals surface area contributed by atoms with Crippen LogP contribution in [-0.2, 0) is 34.2 Å². The predicted octanol–water partition coefficient (Wildman–Crippen LogP) is 2.58. The third-order valence-electron chi connectivity index (χ3n) is 5.57. The topological polar surface area (TPSA) is 92.5 Å². The van der Waals surface area contributed by atoms with E-state index in [-0.39, 0.29) is 11.4 Å². The maximum Gasteiger partial charge on any atom is 0.323 e. The lowest BCUT2D eigenvalue weighted by Crippen LogP contribution is -2.40. The number of hydrogen-bond acceptors (Lipinski definition) is 4. The molecule has 1 N–H and O–H groups in total. The lowest BCUT2D eigenvalue weighted by atomic mass is 9.92. The van der Waals surface area contributed by atoms with Gasteiger partial charge in [0.15, 0.2) is 11.6 Å². The summed E-state index contributed by atoms with van der Waals surface area (Å²) in [6.07, 6.45) is 2.89. The van der Waals surface area contributed by atoms with E-state index in [9.17, 15) is 27.1 Å². The third kappa shape index (κ3) is 3.35. The first-order chi connectivity index (χ1) is 14.2. The van der Waals surface area contributed by atoms with Gasteiger partial charge in [-0.2, -0.15) is 4.31 Å².